The number of aromatic nitrogens is 5. The molecule has 0 atom stereocenters. The molecule has 0 N–H and O–H groups in total. The van der Waals surface area contributed by atoms with E-state index in [2.05, 4.69) is 25.1 Å². The van der Waals surface area contributed by atoms with Gasteiger partial charge in [0.1, 0.15) is 16.0 Å². The number of rotatable bonds is 5. The SMILES string of the molecule is Cc1nc(Cc2nnc(Sc3cc(Cl)nc(C4CC4)n3)o2)cs1. The lowest BCUT2D eigenvalue weighted by atomic mass is 10.3. The number of aryl methyl sites for hydroxylation is 1. The van der Waals surface area contributed by atoms with E-state index in [0.29, 0.717) is 28.6 Å². The van der Waals surface area contributed by atoms with Crippen LogP contribution in [0.5, 0.6) is 0 Å². The van der Waals surface area contributed by atoms with Gasteiger partial charge in [0.25, 0.3) is 5.22 Å². The predicted molar refractivity (Wildman–Crippen MR) is 87.1 cm³/mol. The highest BCUT2D eigenvalue weighted by atomic mass is 35.5. The van der Waals surface area contributed by atoms with Crippen molar-refractivity contribution >= 4 is 34.7 Å². The van der Waals surface area contributed by atoms with Crippen molar-refractivity contribution in [2.75, 3.05) is 0 Å². The van der Waals surface area contributed by atoms with Crippen LogP contribution in [-0.4, -0.2) is 25.1 Å². The summed E-state index contributed by atoms with van der Waals surface area (Å²) in [5.74, 6) is 1.79. The van der Waals surface area contributed by atoms with Crippen molar-refractivity contribution in [1.82, 2.24) is 25.1 Å². The van der Waals surface area contributed by atoms with E-state index in [9.17, 15) is 0 Å². The standard InChI is InChI=1S/C14H12ClN5OS2/c1-7-16-9(6-22-7)4-11-19-20-14(21-11)23-12-5-10(15)17-13(18-12)8-2-3-8/h5-6,8H,2-4H2,1H3. The molecular formula is C14H12ClN5OS2. The minimum Gasteiger partial charge on any atom is -0.415 e. The number of nitrogens with zero attached hydrogens (tertiary/aromatic N) is 5. The minimum atomic E-state index is 0.444. The molecule has 23 heavy (non-hydrogen) atoms. The van der Waals surface area contributed by atoms with Crippen molar-refractivity contribution in [1.29, 1.82) is 0 Å². The molecule has 0 radical (unpaired) electrons. The summed E-state index contributed by atoms with van der Waals surface area (Å²) in [5.41, 5.74) is 0.939. The third kappa shape index (κ3) is 3.70. The quantitative estimate of drug-likeness (QED) is 0.634. The normalized spacial score (nSPS) is 14.3. The Labute approximate surface area is 145 Å². The Kier molecular flexibility index (Phi) is 4.04. The lowest BCUT2D eigenvalue weighted by Crippen LogP contribution is -1.94. The van der Waals surface area contributed by atoms with Gasteiger partial charge in [-0.15, -0.1) is 21.5 Å². The van der Waals surface area contributed by atoms with Gasteiger partial charge in [-0.1, -0.05) is 11.6 Å². The molecule has 0 amide bonds. The number of hydrogen-bond acceptors (Lipinski definition) is 8. The molecule has 3 aromatic rings. The van der Waals surface area contributed by atoms with Crippen LogP contribution < -0.4 is 0 Å². The Morgan fingerprint density at radius 3 is 2.91 bits per heavy atom. The molecule has 3 heterocycles. The van der Waals surface area contributed by atoms with Gasteiger partial charge in [0.05, 0.1) is 17.1 Å². The highest BCUT2D eigenvalue weighted by molar-refractivity contribution is 7.99. The molecule has 4 rings (SSSR count). The Bertz CT molecular complexity index is 845. The summed E-state index contributed by atoms with van der Waals surface area (Å²) in [6, 6.07) is 1.71. The van der Waals surface area contributed by atoms with Gasteiger partial charge in [-0.05, 0) is 31.5 Å². The minimum absolute atomic E-state index is 0.444. The van der Waals surface area contributed by atoms with Crippen molar-refractivity contribution in [3.63, 3.8) is 0 Å². The summed E-state index contributed by atoms with van der Waals surface area (Å²) >= 11 is 8.98. The van der Waals surface area contributed by atoms with Crippen LogP contribution in [0.15, 0.2) is 26.1 Å². The van der Waals surface area contributed by atoms with E-state index in [1.54, 1.807) is 17.4 Å². The number of halogens is 1. The van der Waals surface area contributed by atoms with E-state index < -0.39 is 0 Å². The molecule has 0 aliphatic heterocycles. The average molecular weight is 366 g/mol. The molecule has 0 aromatic carbocycles. The molecule has 9 heteroatoms. The van der Waals surface area contributed by atoms with Crippen LogP contribution in [0.2, 0.25) is 5.15 Å². The van der Waals surface area contributed by atoms with Crippen LogP contribution in [0, 0.1) is 6.92 Å². The lowest BCUT2D eigenvalue weighted by molar-refractivity contribution is 0.419. The summed E-state index contributed by atoms with van der Waals surface area (Å²) in [4.78, 5) is 13.2. The summed E-state index contributed by atoms with van der Waals surface area (Å²) in [6.07, 6.45) is 2.79. The molecule has 3 aromatic heterocycles. The van der Waals surface area contributed by atoms with Crippen LogP contribution >= 0.6 is 34.7 Å². The molecule has 0 unspecified atom stereocenters. The Morgan fingerprint density at radius 2 is 2.17 bits per heavy atom. The Morgan fingerprint density at radius 1 is 1.30 bits per heavy atom. The summed E-state index contributed by atoms with van der Waals surface area (Å²) in [6.45, 7) is 1.97. The van der Waals surface area contributed by atoms with Crippen LogP contribution in [0.1, 0.15) is 41.2 Å². The summed E-state index contributed by atoms with van der Waals surface area (Å²) < 4.78 is 5.66. The maximum absolute atomic E-state index is 6.06. The van der Waals surface area contributed by atoms with Crippen molar-refractivity contribution in [3.05, 3.63) is 39.0 Å². The van der Waals surface area contributed by atoms with Crippen molar-refractivity contribution in [3.8, 4) is 0 Å². The summed E-state index contributed by atoms with van der Waals surface area (Å²) in [7, 11) is 0. The van der Waals surface area contributed by atoms with Crippen LogP contribution in [0.3, 0.4) is 0 Å². The molecule has 0 saturated heterocycles. The Balaban J connectivity index is 1.49. The molecule has 1 saturated carbocycles. The average Bonchev–Trinajstić information content (AvgIpc) is 3.16. The first-order valence-electron chi connectivity index (χ1n) is 7.11. The zero-order valence-corrected chi connectivity index (χ0v) is 14.6. The van der Waals surface area contributed by atoms with E-state index >= 15 is 0 Å². The van der Waals surface area contributed by atoms with E-state index in [4.69, 9.17) is 16.0 Å². The van der Waals surface area contributed by atoms with E-state index in [-0.39, 0.29) is 0 Å². The highest BCUT2D eigenvalue weighted by Crippen LogP contribution is 2.39. The topological polar surface area (TPSA) is 77.6 Å². The Hall–Kier alpha value is -1.51. The first-order valence-corrected chi connectivity index (χ1v) is 9.19. The maximum atomic E-state index is 6.06. The third-order valence-corrected chi connectivity index (χ3v) is 5.04. The van der Waals surface area contributed by atoms with Crippen molar-refractivity contribution < 1.29 is 4.42 Å². The number of thiazole rings is 1. The fourth-order valence-electron chi connectivity index (χ4n) is 2.07. The lowest BCUT2D eigenvalue weighted by Gasteiger charge is -2.01. The van der Waals surface area contributed by atoms with Gasteiger partial charge in [-0.25, -0.2) is 15.0 Å². The largest absolute Gasteiger partial charge is 0.415 e. The molecule has 1 fully saturated rings. The van der Waals surface area contributed by atoms with Gasteiger partial charge in [0.2, 0.25) is 5.89 Å². The maximum Gasteiger partial charge on any atom is 0.282 e. The fourth-order valence-corrected chi connectivity index (χ4v) is 3.65. The second-order valence-electron chi connectivity index (χ2n) is 5.26. The van der Waals surface area contributed by atoms with Gasteiger partial charge in [0.15, 0.2) is 0 Å². The fraction of sp³-hybridized carbons (Fsp3) is 0.357. The van der Waals surface area contributed by atoms with Gasteiger partial charge in [-0.2, -0.15) is 0 Å². The summed E-state index contributed by atoms with van der Waals surface area (Å²) in [5, 5.41) is 12.8. The highest BCUT2D eigenvalue weighted by Gasteiger charge is 2.27. The zero-order chi connectivity index (χ0) is 15.8. The molecule has 6 nitrogen and oxygen atoms in total. The molecule has 0 spiro atoms. The smallest absolute Gasteiger partial charge is 0.282 e. The van der Waals surface area contributed by atoms with E-state index in [1.807, 2.05) is 12.3 Å². The van der Waals surface area contributed by atoms with Crippen LogP contribution in [0.25, 0.3) is 0 Å². The van der Waals surface area contributed by atoms with Crippen LogP contribution in [-0.2, 0) is 6.42 Å². The molecule has 1 aliphatic carbocycles. The molecular weight excluding hydrogens is 354 g/mol. The zero-order valence-electron chi connectivity index (χ0n) is 12.2. The monoisotopic (exact) mass is 365 g/mol. The van der Waals surface area contributed by atoms with Crippen molar-refractivity contribution in [2.24, 2.45) is 0 Å². The molecule has 0 bridgehead atoms. The van der Waals surface area contributed by atoms with Gasteiger partial charge in [-0.3, -0.25) is 0 Å². The second kappa shape index (κ2) is 6.18. The van der Waals surface area contributed by atoms with Gasteiger partial charge in [0, 0.05) is 17.4 Å². The van der Waals surface area contributed by atoms with E-state index in [0.717, 1.165) is 34.4 Å². The first kappa shape index (κ1) is 15.0. The predicted octanol–water partition coefficient (Wildman–Crippen LogP) is 3.90. The molecule has 118 valence electrons. The molecule has 1 aliphatic rings. The van der Waals surface area contributed by atoms with Crippen LogP contribution in [0.4, 0.5) is 0 Å². The van der Waals surface area contributed by atoms with Gasteiger partial charge >= 0.3 is 0 Å². The first-order chi connectivity index (χ1) is 11.2. The van der Waals surface area contributed by atoms with Crippen molar-refractivity contribution in [2.45, 2.75) is 42.4 Å². The number of hydrogen-bond donors (Lipinski definition) is 0. The second-order valence-corrected chi connectivity index (χ2v) is 7.68. The van der Waals surface area contributed by atoms with Gasteiger partial charge < -0.3 is 4.42 Å². The third-order valence-electron chi connectivity index (χ3n) is 3.27. The van der Waals surface area contributed by atoms with E-state index in [1.165, 1.54) is 11.8 Å².